The van der Waals surface area contributed by atoms with Gasteiger partial charge in [-0.1, -0.05) is 24.3 Å². The molecule has 0 fully saturated rings. The lowest BCUT2D eigenvalue weighted by molar-refractivity contribution is -0.137. The lowest BCUT2D eigenvalue weighted by Crippen LogP contribution is -2.46. The Bertz CT molecular complexity index is 905. The zero-order valence-corrected chi connectivity index (χ0v) is 18.4. The number of rotatable bonds is 7. The second kappa shape index (κ2) is 10.4. The van der Waals surface area contributed by atoms with Crippen LogP contribution < -0.4 is 15.4 Å². The van der Waals surface area contributed by atoms with E-state index in [0.717, 1.165) is 17.7 Å². The summed E-state index contributed by atoms with van der Waals surface area (Å²) >= 11 is 0. The lowest BCUT2D eigenvalue weighted by atomic mass is 10.1. The zero-order valence-electron chi connectivity index (χ0n) is 18.4. The normalized spacial score (nSPS) is 12.6. The minimum absolute atomic E-state index is 0.127. The van der Waals surface area contributed by atoms with Crippen molar-refractivity contribution >= 4 is 12.0 Å². The van der Waals surface area contributed by atoms with E-state index in [1.165, 1.54) is 12.1 Å². The summed E-state index contributed by atoms with van der Waals surface area (Å²) in [5.41, 5.74) is 0.0603. The third-order valence-corrected chi connectivity index (χ3v) is 4.20. The highest BCUT2D eigenvalue weighted by Gasteiger charge is 2.29. The number of amides is 2. The van der Waals surface area contributed by atoms with Crippen LogP contribution in [0.5, 0.6) is 5.75 Å². The molecule has 0 bridgehead atoms. The van der Waals surface area contributed by atoms with Gasteiger partial charge in [0.1, 0.15) is 24.0 Å². The predicted octanol–water partition coefficient (Wildman–Crippen LogP) is 4.81. The third kappa shape index (κ3) is 8.49. The average Bonchev–Trinajstić information content (AvgIpc) is 2.69. The monoisotopic (exact) mass is 452 g/mol. The second-order valence-corrected chi connectivity index (χ2v) is 8.21. The van der Waals surface area contributed by atoms with Gasteiger partial charge in [0.2, 0.25) is 5.91 Å². The van der Waals surface area contributed by atoms with E-state index in [0.29, 0.717) is 11.3 Å². The minimum atomic E-state index is -4.37. The number of benzene rings is 2. The molecule has 2 aromatic carbocycles. The first-order valence-corrected chi connectivity index (χ1v) is 9.98. The topological polar surface area (TPSA) is 76.7 Å². The molecule has 0 aromatic heterocycles. The molecule has 0 heterocycles. The number of carbonyl (C=O) groups excluding carboxylic acids is 2. The van der Waals surface area contributed by atoms with Gasteiger partial charge in [-0.15, -0.1) is 0 Å². The second-order valence-electron chi connectivity index (χ2n) is 8.21. The minimum Gasteiger partial charge on any atom is -0.489 e. The van der Waals surface area contributed by atoms with Crippen LogP contribution in [0.25, 0.3) is 0 Å². The summed E-state index contributed by atoms with van der Waals surface area (Å²) < 4.78 is 48.5. The van der Waals surface area contributed by atoms with E-state index in [-0.39, 0.29) is 19.1 Å². The quantitative estimate of drug-likeness (QED) is 0.632. The van der Waals surface area contributed by atoms with Crippen LogP contribution in [0.1, 0.15) is 44.4 Å². The van der Waals surface area contributed by atoms with Gasteiger partial charge in [0.05, 0.1) is 5.56 Å². The van der Waals surface area contributed by atoms with Gasteiger partial charge < -0.3 is 20.1 Å². The molecule has 0 aliphatic heterocycles. The number of halogens is 3. The highest BCUT2D eigenvalue weighted by Crippen LogP contribution is 2.29. The number of alkyl carbamates (subject to hydrolysis) is 1. The maximum absolute atomic E-state index is 12.6. The van der Waals surface area contributed by atoms with Gasteiger partial charge in [-0.05, 0) is 63.1 Å². The first kappa shape index (κ1) is 25.0. The maximum Gasteiger partial charge on any atom is 0.416 e. The molecular weight excluding hydrogens is 425 g/mol. The summed E-state index contributed by atoms with van der Waals surface area (Å²) in [6.07, 6.45) is -5.04. The van der Waals surface area contributed by atoms with Gasteiger partial charge in [0.15, 0.2) is 0 Å². The van der Waals surface area contributed by atoms with Crippen molar-refractivity contribution in [3.63, 3.8) is 0 Å². The first-order valence-electron chi connectivity index (χ1n) is 9.98. The fourth-order valence-corrected chi connectivity index (χ4v) is 2.55. The molecular formula is C23H27F3N2O4. The van der Waals surface area contributed by atoms with Crippen molar-refractivity contribution in [2.24, 2.45) is 0 Å². The molecule has 0 saturated carbocycles. The molecule has 0 saturated heterocycles. The molecule has 32 heavy (non-hydrogen) atoms. The number of alkyl halides is 3. The predicted molar refractivity (Wildman–Crippen MR) is 113 cm³/mol. The van der Waals surface area contributed by atoms with Gasteiger partial charge in [0, 0.05) is 6.54 Å². The van der Waals surface area contributed by atoms with Crippen molar-refractivity contribution in [2.75, 3.05) is 0 Å². The van der Waals surface area contributed by atoms with Gasteiger partial charge in [-0.2, -0.15) is 13.2 Å². The molecule has 174 valence electrons. The number of carbonyl (C=O) groups is 2. The van der Waals surface area contributed by atoms with Crippen molar-refractivity contribution in [1.29, 1.82) is 0 Å². The number of nitrogens with one attached hydrogen (secondary N) is 2. The molecule has 2 rings (SSSR count). The van der Waals surface area contributed by atoms with Crippen LogP contribution in [-0.4, -0.2) is 23.6 Å². The molecule has 2 N–H and O–H groups in total. The fourth-order valence-electron chi connectivity index (χ4n) is 2.55. The van der Waals surface area contributed by atoms with E-state index in [1.54, 1.807) is 52.0 Å². The fraction of sp³-hybridized carbons (Fsp3) is 0.391. The summed E-state index contributed by atoms with van der Waals surface area (Å²) in [5, 5.41) is 5.19. The van der Waals surface area contributed by atoms with Crippen molar-refractivity contribution in [3.05, 3.63) is 65.2 Å². The highest BCUT2D eigenvalue weighted by molar-refractivity contribution is 5.85. The van der Waals surface area contributed by atoms with E-state index in [4.69, 9.17) is 9.47 Å². The number of hydrogen-bond donors (Lipinski definition) is 2. The van der Waals surface area contributed by atoms with Crippen LogP contribution in [0, 0.1) is 0 Å². The van der Waals surface area contributed by atoms with Crippen LogP contribution in [0.3, 0.4) is 0 Å². The Balaban J connectivity index is 1.79. The Hall–Kier alpha value is -3.23. The molecule has 0 aliphatic rings. The Kier molecular flexibility index (Phi) is 8.13. The van der Waals surface area contributed by atoms with E-state index < -0.39 is 29.5 Å². The lowest BCUT2D eigenvalue weighted by Gasteiger charge is -2.21. The number of hydrogen-bond acceptors (Lipinski definition) is 4. The summed E-state index contributed by atoms with van der Waals surface area (Å²) in [6.45, 7) is 7.12. The summed E-state index contributed by atoms with van der Waals surface area (Å²) in [4.78, 5) is 23.9. The van der Waals surface area contributed by atoms with Crippen LogP contribution in [0.2, 0.25) is 0 Å². The Morgan fingerprint density at radius 3 is 2.03 bits per heavy atom. The smallest absolute Gasteiger partial charge is 0.416 e. The van der Waals surface area contributed by atoms with Crippen LogP contribution in [0.4, 0.5) is 18.0 Å². The zero-order chi connectivity index (χ0) is 23.9. The first-order chi connectivity index (χ1) is 14.8. The average molecular weight is 452 g/mol. The van der Waals surface area contributed by atoms with E-state index in [1.807, 2.05) is 0 Å². The summed E-state index contributed by atoms with van der Waals surface area (Å²) in [6, 6.07) is 10.9. The van der Waals surface area contributed by atoms with E-state index in [9.17, 15) is 22.8 Å². The van der Waals surface area contributed by atoms with Crippen LogP contribution in [0.15, 0.2) is 48.5 Å². The van der Waals surface area contributed by atoms with Crippen molar-refractivity contribution in [1.82, 2.24) is 10.6 Å². The summed E-state index contributed by atoms with van der Waals surface area (Å²) in [7, 11) is 0. The highest BCUT2D eigenvalue weighted by atomic mass is 19.4. The molecule has 0 unspecified atom stereocenters. The molecule has 2 aromatic rings. The van der Waals surface area contributed by atoms with E-state index in [2.05, 4.69) is 10.6 Å². The number of ether oxygens (including phenoxy) is 2. The van der Waals surface area contributed by atoms with Crippen LogP contribution >= 0.6 is 0 Å². The summed E-state index contributed by atoms with van der Waals surface area (Å²) in [5.74, 6) is 0.179. The van der Waals surface area contributed by atoms with Crippen LogP contribution in [-0.2, 0) is 28.9 Å². The molecule has 1 atom stereocenters. The SMILES string of the molecule is C[C@H](NC(=O)OC(C)(C)C)C(=O)NCc1ccc(OCc2ccc(C(F)(F)F)cc2)cc1. The van der Waals surface area contributed by atoms with Gasteiger partial charge >= 0.3 is 12.3 Å². The third-order valence-electron chi connectivity index (χ3n) is 4.20. The molecule has 0 aliphatic carbocycles. The molecule has 0 spiro atoms. The maximum atomic E-state index is 12.6. The van der Waals surface area contributed by atoms with E-state index >= 15 is 0 Å². The molecule has 6 nitrogen and oxygen atoms in total. The van der Waals surface area contributed by atoms with Crippen molar-refractivity contribution in [3.8, 4) is 5.75 Å². The molecule has 2 amide bonds. The van der Waals surface area contributed by atoms with Gasteiger partial charge in [-0.3, -0.25) is 4.79 Å². The Morgan fingerprint density at radius 1 is 0.938 bits per heavy atom. The molecule has 0 radical (unpaired) electrons. The van der Waals surface area contributed by atoms with Gasteiger partial charge in [-0.25, -0.2) is 4.79 Å². The van der Waals surface area contributed by atoms with Crippen molar-refractivity contribution in [2.45, 2.75) is 58.7 Å². The van der Waals surface area contributed by atoms with Crippen molar-refractivity contribution < 1.29 is 32.2 Å². The Labute approximate surface area is 185 Å². The Morgan fingerprint density at radius 2 is 1.50 bits per heavy atom. The van der Waals surface area contributed by atoms with Gasteiger partial charge in [0.25, 0.3) is 0 Å². The largest absolute Gasteiger partial charge is 0.489 e. The molecule has 9 heteroatoms. The standard InChI is InChI=1S/C23H27F3N2O4/c1-15(28-21(30)32-22(2,3)4)20(29)27-13-16-7-11-19(12-8-16)31-14-17-5-9-18(10-6-17)23(24,25)26/h5-12,15H,13-14H2,1-4H3,(H,27,29)(H,28,30)/t15-/m0/s1.